The predicted molar refractivity (Wildman–Crippen MR) is 253 cm³/mol. The van der Waals surface area contributed by atoms with Crippen LogP contribution in [0.4, 0.5) is 0 Å². The number of carbonyl (C=O) groups excluding carboxylic acids is 1. The molecule has 9 nitrogen and oxygen atoms in total. The first-order valence-corrected chi connectivity index (χ1v) is 25.7. The zero-order valence-electron chi connectivity index (χ0n) is 39.4. The first-order chi connectivity index (χ1) is 29.8. The number of allylic oxidation sites excluding steroid dienone is 5. The zero-order chi connectivity index (χ0) is 44.4. The second-order valence-electron chi connectivity index (χ2n) is 18.0. The molecule has 1 saturated heterocycles. The lowest BCUT2D eigenvalue weighted by atomic mass is 9.99. The minimum atomic E-state index is -1.57. The molecule has 0 aromatic rings. The van der Waals surface area contributed by atoms with E-state index in [0.717, 1.165) is 38.5 Å². The Morgan fingerprint density at radius 1 is 0.541 bits per heavy atom. The Labute approximate surface area is 374 Å². The lowest BCUT2D eigenvalue weighted by Gasteiger charge is -2.40. The van der Waals surface area contributed by atoms with E-state index in [2.05, 4.69) is 43.5 Å². The van der Waals surface area contributed by atoms with Gasteiger partial charge in [-0.15, -0.1) is 0 Å². The third-order valence-electron chi connectivity index (χ3n) is 12.2. The van der Waals surface area contributed by atoms with Gasteiger partial charge < -0.3 is 40.3 Å². The van der Waals surface area contributed by atoms with Gasteiger partial charge in [-0.2, -0.15) is 0 Å². The van der Waals surface area contributed by atoms with Gasteiger partial charge in [0.1, 0.15) is 24.4 Å². The number of ether oxygens (including phenoxy) is 2. The Hall–Kier alpha value is -1.59. The molecule has 9 heteroatoms. The summed E-state index contributed by atoms with van der Waals surface area (Å²) in [4.78, 5) is 13.0. The van der Waals surface area contributed by atoms with E-state index < -0.39 is 49.5 Å². The van der Waals surface area contributed by atoms with Crippen molar-refractivity contribution in [3.63, 3.8) is 0 Å². The van der Waals surface area contributed by atoms with Crippen molar-refractivity contribution in [2.24, 2.45) is 0 Å². The maximum atomic E-state index is 13.0. The highest BCUT2D eigenvalue weighted by molar-refractivity contribution is 5.76. The molecule has 1 aliphatic rings. The third-order valence-corrected chi connectivity index (χ3v) is 12.2. The van der Waals surface area contributed by atoms with Crippen LogP contribution in [0.15, 0.2) is 36.5 Å². The Balaban J connectivity index is 2.19. The van der Waals surface area contributed by atoms with Gasteiger partial charge in [-0.25, -0.2) is 0 Å². The zero-order valence-corrected chi connectivity index (χ0v) is 39.4. The van der Waals surface area contributed by atoms with Gasteiger partial charge in [0.25, 0.3) is 0 Å². The van der Waals surface area contributed by atoms with E-state index in [0.29, 0.717) is 6.42 Å². The highest BCUT2D eigenvalue weighted by Gasteiger charge is 2.44. The molecule has 6 N–H and O–H groups in total. The lowest BCUT2D eigenvalue weighted by molar-refractivity contribution is -0.302. The van der Waals surface area contributed by atoms with Gasteiger partial charge in [-0.1, -0.05) is 204 Å². The molecular formula is C52H97NO8. The fourth-order valence-electron chi connectivity index (χ4n) is 8.05. The van der Waals surface area contributed by atoms with Crippen molar-refractivity contribution in [2.45, 2.75) is 275 Å². The summed E-state index contributed by atoms with van der Waals surface area (Å²) in [6, 6.07) is -0.819. The van der Waals surface area contributed by atoms with E-state index in [4.69, 9.17) is 9.47 Å². The number of carbonyl (C=O) groups is 1. The van der Waals surface area contributed by atoms with E-state index in [9.17, 15) is 30.3 Å². The van der Waals surface area contributed by atoms with Crippen LogP contribution in [-0.2, 0) is 14.3 Å². The van der Waals surface area contributed by atoms with Gasteiger partial charge in [0, 0.05) is 6.42 Å². The Bertz CT molecular complexity index is 1050. The molecule has 7 atom stereocenters. The topological polar surface area (TPSA) is 149 Å². The summed E-state index contributed by atoms with van der Waals surface area (Å²) in [5.74, 6) is -0.188. The van der Waals surface area contributed by atoms with E-state index >= 15 is 0 Å². The molecule has 0 aromatic carbocycles. The first kappa shape index (κ1) is 57.4. The number of aliphatic hydroxyl groups excluding tert-OH is 5. The van der Waals surface area contributed by atoms with Crippen molar-refractivity contribution in [1.29, 1.82) is 0 Å². The molecule has 1 amide bonds. The van der Waals surface area contributed by atoms with Crippen LogP contribution in [-0.4, -0.2) is 87.5 Å². The summed E-state index contributed by atoms with van der Waals surface area (Å²) in [6.07, 6.45) is 46.5. The number of rotatable bonds is 43. The summed E-state index contributed by atoms with van der Waals surface area (Å²) in [5, 5.41) is 54.1. The lowest BCUT2D eigenvalue weighted by Crippen LogP contribution is -2.60. The minimum absolute atomic E-state index is 0.188. The van der Waals surface area contributed by atoms with Gasteiger partial charge in [-0.3, -0.25) is 4.79 Å². The fraction of sp³-hybridized carbons (Fsp3) is 0.865. The summed E-state index contributed by atoms with van der Waals surface area (Å²) in [5.41, 5.74) is 0. The standard InChI is InChI=1S/C52H97NO8/c1-3-5-7-9-11-13-15-16-17-18-19-20-21-22-23-24-25-26-27-28-29-30-32-34-36-38-40-42-48(56)53-45(44-60-52-51(59)50(58)49(57)47(43-54)61-52)46(55)41-39-37-35-33-31-14-12-10-8-6-4-2/h22-23,31,33,39,41,45-47,49-52,54-55,57-59H,3-21,24-30,32,34-38,40,42-44H2,1-2H3,(H,53,56)/b23-22-,33-31+,41-39+. The van der Waals surface area contributed by atoms with Crippen LogP contribution in [0.5, 0.6) is 0 Å². The molecule has 61 heavy (non-hydrogen) atoms. The van der Waals surface area contributed by atoms with Crippen molar-refractivity contribution in [1.82, 2.24) is 5.32 Å². The molecule has 1 fully saturated rings. The van der Waals surface area contributed by atoms with E-state index in [1.54, 1.807) is 6.08 Å². The molecule has 0 bridgehead atoms. The largest absolute Gasteiger partial charge is 0.394 e. The van der Waals surface area contributed by atoms with Crippen molar-refractivity contribution < 1.29 is 39.8 Å². The van der Waals surface area contributed by atoms with Gasteiger partial charge in [0.05, 0.1) is 25.4 Å². The minimum Gasteiger partial charge on any atom is -0.394 e. The van der Waals surface area contributed by atoms with Gasteiger partial charge in [0.2, 0.25) is 5.91 Å². The summed E-state index contributed by atoms with van der Waals surface area (Å²) in [7, 11) is 0. The third kappa shape index (κ3) is 32.7. The van der Waals surface area contributed by atoms with E-state index in [1.807, 2.05) is 6.08 Å². The molecular weight excluding hydrogens is 767 g/mol. The second kappa shape index (κ2) is 42.4. The average Bonchev–Trinajstić information content (AvgIpc) is 3.26. The molecule has 1 rings (SSSR count). The monoisotopic (exact) mass is 864 g/mol. The smallest absolute Gasteiger partial charge is 0.220 e. The normalized spacial score (nSPS) is 20.7. The number of hydrogen-bond donors (Lipinski definition) is 6. The van der Waals surface area contributed by atoms with Crippen LogP contribution in [0.2, 0.25) is 0 Å². The summed E-state index contributed by atoms with van der Waals surface area (Å²) < 4.78 is 11.2. The van der Waals surface area contributed by atoms with Gasteiger partial charge in [0.15, 0.2) is 6.29 Å². The molecule has 1 aliphatic heterocycles. The summed E-state index contributed by atoms with van der Waals surface area (Å²) in [6.45, 7) is 3.74. The van der Waals surface area contributed by atoms with E-state index in [-0.39, 0.29) is 12.5 Å². The van der Waals surface area contributed by atoms with Crippen molar-refractivity contribution in [2.75, 3.05) is 13.2 Å². The fourth-order valence-corrected chi connectivity index (χ4v) is 8.05. The number of amides is 1. The first-order valence-electron chi connectivity index (χ1n) is 25.7. The molecule has 0 aromatic heterocycles. The highest BCUT2D eigenvalue weighted by Crippen LogP contribution is 2.23. The molecule has 0 saturated carbocycles. The van der Waals surface area contributed by atoms with Crippen LogP contribution in [0.25, 0.3) is 0 Å². The van der Waals surface area contributed by atoms with Gasteiger partial charge >= 0.3 is 0 Å². The molecule has 7 unspecified atom stereocenters. The Morgan fingerprint density at radius 3 is 1.38 bits per heavy atom. The van der Waals surface area contributed by atoms with Crippen LogP contribution in [0.3, 0.4) is 0 Å². The second-order valence-corrected chi connectivity index (χ2v) is 18.0. The van der Waals surface area contributed by atoms with Crippen molar-refractivity contribution in [3.05, 3.63) is 36.5 Å². The molecule has 358 valence electrons. The maximum Gasteiger partial charge on any atom is 0.220 e. The van der Waals surface area contributed by atoms with E-state index in [1.165, 1.54) is 173 Å². The number of aliphatic hydroxyl groups is 5. The van der Waals surface area contributed by atoms with Gasteiger partial charge in [-0.05, 0) is 57.8 Å². The SMILES string of the molecule is CCCCCCC/C=C/CC/C=C/C(O)C(COC1OC(CO)C(O)C(O)C1O)NC(=O)CCCCCCCCCCCCC/C=C\CCCCCCCCCCCCCC. The summed E-state index contributed by atoms with van der Waals surface area (Å²) >= 11 is 0. The van der Waals surface area contributed by atoms with Crippen LogP contribution < -0.4 is 5.32 Å². The highest BCUT2D eigenvalue weighted by atomic mass is 16.7. The average molecular weight is 864 g/mol. The molecule has 0 radical (unpaired) electrons. The number of hydrogen-bond acceptors (Lipinski definition) is 8. The Morgan fingerprint density at radius 2 is 0.934 bits per heavy atom. The van der Waals surface area contributed by atoms with Crippen molar-refractivity contribution >= 4 is 5.91 Å². The van der Waals surface area contributed by atoms with Crippen molar-refractivity contribution in [3.8, 4) is 0 Å². The number of nitrogens with one attached hydrogen (secondary N) is 1. The predicted octanol–water partition coefficient (Wildman–Crippen LogP) is 11.6. The van der Waals surface area contributed by atoms with Crippen LogP contribution >= 0.6 is 0 Å². The quantitative estimate of drug-likeness (QED) is 0.0262. The van der Waals surface area contributed by atoms with Crippen LogP contribution in [0.1, 0.15) is 232 Å². The molecule has 1 heterocycles. The molecule has 0 spiro atoms. The Kier molecular flexibility index (Phi) is 39.9. The maximum absolute atomic E-state index is 13.0. The van der Waals surface area contributed by atoms with Crippen LogP contribution in [0, 0.1) is 0 Å². The molecule has 0 aliphatic carbocycles. The number of unbranched alkanes of at least 4 members (excludes halogenated alkanes) is 29.